The first-order valence-corrected chi connectivity index (χ1v) is 12.4. The average molecular weight is 511 g/mol. The summed E-state index contributed by atoms with van der Waals surface area (Å²) < 4.78 is 79.4. The third-order valence-electron chi connectivity index (χ3n) is 4.71. The summed E-state index contributed by atoms with van der Waals surface area (Å²) in [5.74, 6) is -1.51. The van der Waals surface area contributed by atoms with Crippen LogP contribution in [0.1, 0.15) is 51.3 Å². The van der Waals surface area contributed by atoms with Crippen molar-refractivity contribution in [2.75, 3.05) is 24.6 Å². The van der Waals surface area contributed by atoms with Crippen molar-refractivity contribution >= 4 is 42.8 Å². The van der Waals surface area contributed by atoms with Gasteiger partial charge >= 0.3 is 21.6 Å². The summed E-state index contributed by atoms with van der Waals surface area (Å²) in [6.07, 6.45) is -0.585. The van der Waals surface area contributed by atoms with Crippen LogP contribution in [0.4, 0.5) is 18.3 Å². The second-order valence-corrected chi connectivity index (χ2v) is 11.0. The van der Waals surface area contributed by atoms with E-state index in [4.69, 9.17) is 9.47 Å². The normalized spacial score (nSPS) is 15.9. The Bertz CT molecular complexity index is 1150. The van der Waals surface area contributed by atoms with Gasteiger partial charge in [0.25, 0.3) is 0 Å². The van der Waals surface area contributed by atoms with E-state index < -0.39 is 39.1 Å². The molecular formula is C20H25F3N2O6S2. The van der Waals surface area contributed by atoms with Crippen LogP contribution in [0, 0.1) is 6.92 Å². The van der Waals surface area contributed by atoms with Gasteiger partial charge in [-0.15, -0.1) is 0 Å². The minimum Gasteiger partial charge on any atom is -0.464 e. The van der Waals surface area contributed by atoms with Crippen LogP contribution in [0.5, 0.6) is 5.75 Å². The smallest absolute Gasteiger partial charge is 0.464 e. The maximum Gasteiger partial charge on any atom is 0.534 e. The highest BCUT2D eigenvalue weighted by Crippen LogP contribution is 2.46. The van der Waals surface area contributed by atoms with E-state index in [0.717, 1.165) is 30.8 Å². The van der Waals surface area contributed by atoms with E-state index in [1.807, 2.05) is 4.90 Å². The van der Waals surface area contributed by atoms with E-state index in [9.17, 15) is 26.4 Å². The Balaban J connectivity index is 2.29. The van der Waals surface area contributed by atoms with Crippen molar-refractivity contribution in [2.45, 2.75) is 58.3 Å². The molecule has 2 heterocycles. The van der Waals surface area contributed by atoms with E-state index in [2.05, 4.69) is 9.17 Å². The first kappa shape index (κ1) is 25.5. The lowest BCUT2D eigenvalue weighted by Crippen LogP contribution is -2.36. The molecule has 1 atom stereocenters. The van der Waals surface area contributed by atoms with Crippen LogP contribution in [0.25, 0.3) is 10.2 Å². The van der Waals surface area contributed by atoms with Crippen LogP contribution in [-0.4, -0.2) is 50.2 Å². The summed E-state index contributed by atoms with van der Waals surface area (Å²) in [7, 11) is -6.04. The molecule has 2 aromatic rings. The molecule has 1 saturated heterocycles. The van der Waals surface area contributed by atoms with E-state index in [0.29, 0.717) is 5.13 Å². The predicted molar refractivity (Wildman–Crippen MR) is 117 cm³/mol. The Morgan fingerprint density at radius 2 is 1.91 bits per heavy atom. The number of esters is 1. The van der Waals surface area contributed by atoms with E-state index in [1.165, 1.54) is 6.92 Å². The number of carbonyl (C=O) groups excluding carboxylic acids is 1. The van der Waals surface area contributed by atoms with Gasteiger partial charge in [-0.2, -0.15) is 21.6 Å². The average Bonchev–Trinajstić information content (AvgIpc) is 3.00. The van der Waals surface area contributed by atoms with Gasteiger partial charge in [0, 0.05) is 18.7 Å². The van der Waals surface area contributed by atoms with Gasteiger partial charge in [-0.25, -0.2) is 9.78 Å². The molecule has 1 aliphatic rings. The topological polar surface area (TPSA) is 95.0 Å². The Morgan fingerprint density at radius 1 is 1.27 bits per heavy atom. The van der Waals surface area contributed by atoms with Gasteiger partial charge < -0.3 is 18.6 Å². The number of ether oxygens (including phenoxy) is 2. The summed E-state index contributed by atoms with van der Waals surface area (Å²) in [5, 5.41) is 0.520. The third-order valence-corrected chi connectivity index (χ3v) is 6.79. The molecule has 3 rings (SSSR count). The van der Waals surface area contributed by atoms with Crippen molar-refractivity contribution < 1.29 is 40.0 Å². The van der Waals surface area contributed by atoms with Gasteiger partial charge in [0.05, 0.1) is 17.7 Å². The third kappa shape index (κ3) is 5.35. The number of hydrogen-bond acceptors (Lipinski definition) is 9. The van der Waals surface area contributed by atoms with E-state index in [1.54, 1.807) is 33.8 Å². The molecule has 0 spiro atoms. The summed E-state index contributed by atoms with van der Waals surface area (Å²) in [4.78, 5) is 19.1. The molecule has 1 aliphatic heterocycles. The minimum absolute atomic E-state index is 0.0131. The van der Waals surface area contributed by atoms with Gasteiger partial charge in [0.1, 0.15) is 4.70 Å². The maximum atomic E-state index is 13.2. The van der Waals surface area contributed by atoms with Crippen molar-refractivity contribution in [3.63, 3.8) is 0 Å². The Hall–Kier alpha value is -2.12. The molecule has 13 heteroatoms. The van der Waals surface area contributed by atoms with Crippen molar-refractivity contribution in [3.05, 3.63) is 17.2 Å². The lowest BCUT2D eigenvalue weighted by atomic mass is 10.0. The number of rotatable bonds is 7. The molecule has 1 fully saturated rings. The van der Waals surface area contributed by atoms with Gasteiger partial charge in [-0.3, -0.25) is 0 Å². The number of anilines is 1. The molecule has 0 bridgehead atoms. The standard InChI is InChI=1S/C20H25F3N2O6S2/c1-6-29-17(26)15(30-19(3,4)5)13-11(2)10-12-16(32-18(24-12)25-8-7-9-25)14(13)31-33(27,28)20(21,22)23/h10,15H,6-9H2,1-5H3. The highest BCUT2D eigenvalue weighted by atomic mass is 32.2. The molecule has 1 aromatic heterocycles. The molecule has 33 heavy (non-hydrogen) atoms. The number of hydrogen-bond donors (Lipinski definition) is 0. The van der Waals surface area contributed by atoms with Gasteiger partial charge in [-0.05, 0) is 52.7 Å². The van der Waals surface area contributed by atoms with Gasteiger partial charge in [0.2, 0.25) is 0 Å². The molecular weight excluding hydrogens is 485 g/mol. The van der Waals surface area contributed by atoms with E-state index in [-0.39, 0.29) is 28.0 Å². The SMILES string of the molecule is CCOC(=O)C(OC(C)(C)C)c1c(C)cc2nc(N3CCC3)sc2c1OS(=O)(=O)C(F)(F)F. The van der Waals surface area contributed by atoms with Crippen LogP contribution in [0.15, 0.2) is 6.07 Å². The van der Waals surface area contributed by atoms with Gasteiger partial charge in [0.15, 0.2) is 17.0 Å². The molecule has 0 radical (unpaired) electrons. The van der Waals surface area contributed by atoms with Crippen molar-refractivity contribution in [1.82, 2.24) is 4.98 Å². The largest absolute Gasteiger partial charge is 0.534 e. The molecule has 0 amide bonds. The maximum absolute atomic E-state index is 13.2. The second kappa shape index (κ2) is 8.91. The monoisotopic (exact) mass is 510 g/mol. The zero-order valence-electron chi connectivity index (χ0n) is 18.8. The number of fused-ring (bicyclic) bond motifs is 1. The van der Waals surface area contributed by atoms with E-state index >= 15 is 0 Å². The fraction of sp³-hybridized carbons (Fsp3) is 0.600. The molecule has 0 saturated carbocycles. The van der Waals surface area contributed by atoms with Crippen molar-refractivity contribution in [3.8, 4) is 5.75 Å². The van der Waals surface area contributed by atoms with Crippen molar-refractivity contribution in [2.24, 2.45) is 0 Å². The number of aryl methyl sites for hydroxylation is 1. The zero-order chi connectivity index (χ0) is 24.8. The van der Waals surface area contributed by atoms with Crippen molar-refractivity contribution in [1.29, 1.82) is 0 Å². The Labute approximate surface area is 193 Å². The van der Waals surface area contributed by atoms with Crippen LogP contribution in [-0.2, 0) is 24.4 Å². The number of alkyl halides is 3. The van der Waals surface area contributed by atoms with Crippen LogP contribution < -0.4 is 9.08 Å². The molecule has 184 valence electrons. The lowest BCUT2D eigenvalue weighted by Gasteiger charge is -2.30. The number of halogens is 3. The second-order valence-electron chi connectivity index (χ2n) is 8.47. The van der Waals surface area contributed by atoms with Crippen LogP contribution in [0.3, 0.4) is 0 Å². The highest BCUT2D eigenvalue weighted by Gasteiger charge is 2.50. The lowest BCUT2D eigenvalue weighted by molar-refractivity contribution is -0.167. The molecule has 0 N–H and O–H groups in total. The Morgan fingerprint density at radius 3 is 2.39 bits per heavy atom. The zero-order valence-corrected chi connectivity index (χ0v) is 20.4. The predicted octanol–water partition coefficient (Wildman–Crippen LogP) is 4.46. The summed E-state index contributed by atoms with van der Waals surface area (Å²) in [5.41, 5.74) is -6.21. The quantitative estimate of drug-likeness (QED) is 0.306. The number of aromatic nitrogens is 1. The van der Waals surface area contributed by atoms with Crippen LogP contribution >= 0.6 is 11.3 Å². The minimum atomic E-state index is -6.04. The number of nitrogens with zero attached hydrogens (tertiary/aromatic N) is 2. The van der Waals surface area contributed by atoms with Gasteiger partial charge in [-0.1, -0.05) is 11.3 Å². The fourth-order valence-electron chi connectivity index (χ4n) is 3.17. The first-order valence-electron chi connectivity index (χ1n) is 10.2. The molecule has 1 aromatic carbocycles. The number of thiazole rings is 1. The molecule has 1 unspecified atom stereocenters. The molecule has 0 aliphatic carbocycles. The first-order chi connectivity index (χ1) is 15.1. The highest BCUT2D eigenvalue weighted by molar-refractivity contribution is 7.88. The summed E-state index contributed by atoms with van der Waals surface area (Å²) >= 11 is 0.993. The fourth-order valence-corrected chi connectivity index (χ4v) is 4.80. The summed E-state index contributed by atoms with van der Waals surface area (Å²) in [6.45, 7) is 9.46. The Kier molecular flexibility index (Phi) is 6.89. The number of carbonyl (C=O) groups is 1. The molecule has 8 nitrogen and oxygen atoms in total. The summed E-state index contributed by atoms with van der Waals surface area (Å²) in [6, 6.07) is 1.57. The van der Waals surface area contributed by atoms with Crippen LogP contribution in [0.2, 0.25) is 0 Å². The number of benzene rings is 1.